The predicted octanol–water partition coefficient (Wildman–Crippen LogP) is 9.23. The molecule has 0 saturated carbocycles. The molecule has 0 amide bonds. The van der Waals surface area contributed by atoms with Crippen molar-refractivity contribution in [2.24, 2.45) is 0 Å². The van der Waals surface area contributed by atoms with Crippen LogP contribution in [-0.4, -0.2) is 9.13 Å². The molecular formula is C34H28F6N2Ti. The molecular weight excluding hydrogens is 598 g/mol. The van der Waals surface area contributed by atoms with Gasteiger partial charge in [0, 0.05) is 69.1 Å². The van der Waals surface area contributed by atoms with Crippen molar-refractivity contribution in [1.29, 1.82) is 0 Å². The van der Waals surface area contributed by atoms with Crippen molar-refractivity contribution in [2.75, 3.05) is 0 Å². The van der Waals surface area contributed by atoms with Gasteiger partial charge in [-0.15, -0.1) is 25.0 Å². The van der Waals surface area contributed by atoms with Crippen molar-refractivity contribution in [3.63, 3.8) is 0 Å². The zero-order valence-electron chi connectivity index (χ0n) is 24.0. The average Bonchev–Trinajstić information content (AvgIpc) is 3.74. The molecule has 9 heteroatoms. The molecule has 0 bridgehead atoms. The minimum Gasteiger partial charge on any atom is -0.367 e. The molecule has 0 atom stereocenters. The third-order valence-electron chi connectivity index (χ3n) is 5.99. The summed E-state index contributed by atoms with van der Waals surface area (Å²) in [6.07, 6.45) is 20.0. The second-order valence-corrected chi connectivity index (χ2v) is 9.16. The summed E-state index contributed by atoms with van der Waals surface area (Å²) < 4.78 is 82.2. The molecule has 2 heterocycles. The van der Waals surface area contributed by atoms with Crippen molar-refractivity contribution in [3.8, 4) is 11.4 Å². The Morgan fingerprint density at radius 1 is 0.558 bits per heavy atom. The summed E-state index contributed by atoms with van der Waals surface area (Å²) in [4.78, 5) is 0. The predicted molar refractivity (Wildman–Crippen MR) is 151 cm³/mol. The molecule has 43 heavy (non-hydrogen) atoms. The average molecular weight is 626 g/mol. The van der Waals surface area contributed by atoms with Crippen LogP contribution >= 0.6 is 0 Å². The fourth-order valence-corrected chi connectivity index (χ4v) is 4.10. The fraction of sp³-hybridized carbons (Fsp3) is 0.176. The summed E-state index contributed by atoms with van der Waals surface area (Å²) in [7, 11) is 0. The molecule has 6 rings (SSSR count). The second kappa shape index (κ2) is 16.8. The van der Waals surface area contributed by atoms with Crippen molar-refractivity contribution in [3.05, 3.63) is 155 Å². The van der Waals surface area contributed by atoms with Crippen molar-refractivity contribution < 1.29 is 48.1 Å². The van der Waals surface area contributed by atoms with Gasteiger partial charge in [0.1, 0.15) is 0 Å². The maximum atomic E-state index is 13.5. The number of hydrogen-bond donors (Lipinski definition) is 0. The summed E-state index contributed by atoms with van der Waals surface area (Å²) in [6.45, 7) is 6.87. The Labute approximate surface area is 263 Å². The van der Waals surface area contributed by atoms with Crippen molar-refractivity contribution in [1.82, 2.24) is 9.13 Å². The number of nitrogens with zero attached hydrogens (tertiary/aromatic N) is 2. The Balaban J connectivity index is 0.000000223. The van der Waals surface area contributed by atoms with Crippen LogP contribution in [0.4, 0.5) is 26.3 Å². The van der Waals surface area contributed by atoms with E-state index in [9.17, 15) is 26.3 Å². The Kier molecular flexibility index (Phi) is 13.8. The van der Waals surface area contributed by atoms with E-state index in [0.717, 1.165) is 12.8 Å². The second-order valence-electron chi connectivity index (χ2n) is 9.16. The van der Waals surface area contributed by atoms with Crippen LogP contribution in [0.25, 0.3) is 11.4 Å². The van der Waals surface area contributed by atoms with Gasteiger partial charge in [-0.25, -0.2) is 50.6 Å². The van der Waals surface area contributed by atoms with E-state index >= 15 is 0 Å². The van der Waals surface area contributed by atoms with Gasteiger partial charge in [-0.3, -0.25) is 12.2 Å². The molecule has 2 aromatic carbocycles. The zero-order chi connectivity index (χ0) is 30.8. The molecule has 0 aliphatic heterocycles. The standard InChI is InChI=1S/2C12H9F3N.2C5H5.Ti/c2*1-7-3-4-8(2)16(7)12-10(14)5-9(13)6-11(12)15;2*1-2-4-5-3-1;/h2*3-5H,1-2H3;2*1-3H,4H2;/q4*-1;+4. The van der Waals surface area contributed by atoms with Gasteiger partial charge in [0.15, 0.2) is 0 Å². The minimum atomic E-state index is -1.04. The van der Waals surface area contributed by atoms with Gasteiger partial charge in [0.25, 0.3) is 0 Å². The molecule has 0 fully saturated rings. The van der Waals surface area contributed by atoms with E-state index in [0.29, 0.717) is 34.9 Å². The maximum absolute atomic E-state index is 13.5. The van der Waals surface area contributed by atoms with Crippen LogP contribution in [0.3, 0.4) is 0 Å². The van der Waals surface area contributed by atoms with Crippen molar-refractivity contribution in [2.45, 2.75) is 40.5 Å². The van der Waals surface area contributed by atoms with Crippen LogP contribution in [0.1, 0.15) is 35.6 Å². The first-order valence-electron chi connectivity index (χ1n) is 12.9. The first-order chi connectivity index (χ1) is 20.0. The van der Waals surface area contributed by atoms with E-state index in [1.807, 2.05) is 36.4 Å². The van der Waals surface area contributed by atoms with Crippen LogP contribution in [-0.2, 0) is 21.7 Å². The summed E-state index contributed by atoms with van der Waals surface area (Å²) >= 11 is 0. The molecule has 4 aromatic rings. The molecule has 0 radical (unpaired) electrons. The molecule has 2 aliphatic rings. The quantitative estimate of drug-likeness (QED) is 0.119. The van der Waals surface area contributed by atoms with Crippen LogP contribution in [0, 0.1) is 86.9 Å². The van der Waals surface area contributed by atoms with Gasteiger partial charge in [0.2, 0.25) is 0 Å². The van der Waals surface area contributed by atoms with Gasteiger partial charge in [-0.1, -0.05) is 12.1 Å². The number of hydrogen-bond acceptors (Lipinski definition) is 0. The van der Waals surface area contributed by atoms with Gasteiger partial charge >= 0.3 is 21.7 Å². The van der Waals surface area contributed by atoms with Gasteiger partial charge in [0.05, 0.1) is 0 Å². The minimum absolute atomic E-state index is 0. The van der Waals surface area contributed by atoms with E-state index < -0.39 is 34.9 Å². The van der Waals surface area contributed by atoms with Gasteiger partial charge < -0.3 is 9.13 Å². The number of halogens is 6. The number of rotatable bonds is 2. The molecule has 0 unspecified atom stereocenters. The van der Waals surface area contributed by atoms with Gasteiger partial charge in [-0.2, -0.15) is 12.2 Å². The Morgan fingerprint density at radius 2 is 0.884 bits per heavy atom. The normalized spacial score (nSPS) is 12.1. The molecule has 2 aliphatic carbocycles. The smallest absolute Gasteiger partial charge is 0.367 e. The Hall–Kier alpha value is -3.75. The van der Waals surface area contributed by atoms with Crippen LogP contribution in [0.15, 0.2) is 72.9 Å². The monoisotopic (exact) mass is 626 g/mol. The van der Waals surface area contributed by atoms with Crippen LogP contribution < -0.4 is 0 Å². The summed E-state index contributed by atoms with van der Waals surface area (Å²) in [5.74, 6) is -6.01. The summed E-state index contributed by atoms with van der Waals surface area (Å²) in [5.41, 5.74) is 2.12. The Bertz CT molecular complexity index is 1420. The van der Waals surface area contributed by atoms with E-state index in [4.69, 9.17) is 0 Å². The van der Waals surface area contributed by atoms with Crippen LogP contribution in [0.2, 0.25) is 0 Å². The molecule has 220 valence electrons. The Morgan fingerprint density at radius 3 is 1.09 bits per heavy atom. The van der Waals surface area contributed by atoms with E-state index in [-0.39, 0.29) is 33.1 Å². The number of benzene rings is 2. The van der Waals surface area contributed by atoms with Gasteiger partial charge in [-0.05, 0) is 52.0 Å². The topological polar surface area (TPSA) is 9.86 Å². The first-order valence-corrected chi connectivity index (χ1v) is 12.9. The zero-order valence-corrected chi connectivity index (χ0v) is 25.6. The molecule has 2 aromatic heterocycles. The first kappa shape index (κ1) is 35.5. The number of aromatic nitrogens is 2. The molecule has 0 spiro atoms. The van der Waals surface area contributed by atoms with E-state index in [1.165, 1.54) is 9.13 Å². The SMILES string of the molecule is Cc1ccc(C)n1-c1c(F)[c-]c(F)cc1F.Cc1ccc(C)n1-c1c(F)[c-]c(F)cc1F.[C-]1=CC=CC1.[C-]1=CC=CC1.[Ti+4]. The number of aryl methyl sites for hydroxylation is 4. The maximum Gasteiger partial charge on any atom is 4.00 e. The van der Waals surface area contributed by atoms with Crippen LogP contribution in [0.5, 0.6) is 0 Å². The third kappa shape index (κ3) is 9.63. The van der Waals surface area contributed by atoms with E-state index in [2.05, 4.69) is 24.3 Å². The molecule has 2 nitrogen and oxygen atoms in total. The largest absolute Gasteiger partial charge is 4.00 e. The fourth-order valence-electron chi connectivity index (χ4n) is 4.10. The molecule has 0 saturated heterocycles. The number of allylic oxidation sites excluding steroid dienone is 8. The van der Waals surface area contributed by atoms with E-state index in [1.54, 1.807) is 52.0 Å². The third-order valence-corrected chi connectivity index (χ3v) is 5.99. The van der Waals surface area contributed by atoms with Crippen molar-refractivity contribution >= 4 is 0 Å². The summed E-state index contributed by atoms with van der Waals surface area (Å²) in [6, 6.07) is 11.8. The summed E-state index contributed by atoms with van der Waals surface area (Å²) in [5, 5.41) is 0. The molecule has 0 N–H and O–H groups in total.